The van der Waals surface area contributed by atoms with Crippen LogP contribution in [0.1, 0.15) is 17.0 Å². The van der Waals surface area contributed by atoms with Crippen molar-refractivity contribution in [1.82, 2.24) is 5.32 Å². The lowest BCUT2D eigenvalue weighted by Gasteiger charge is -2.45. The summed E-state index contributed by atoms with van der Waals surface area (Å²) in [4.78, 5) is 12.4. The van der Waals surface area contributed by atoms with Gasteiger partial charge >= 0.3 is 6.09 Å². The van der Waals surface area contributed by atoms with Gasteiger partial charge in [-0.1, -0.05) is 73.3 Å². The molecule has 0 bridgehead atoms. The van der Waals surface area contributed by atoms with E-state index in [2.05, 4.69) is 55.9 Å². The van der Waals surface area contributed by atoms with Gasteiger partial charge < -0.3 is 47.9 Å². The minimum atomic E-state index is -0.758. The lowest BCUT2D eigenvalue weighted by Crippen LogP contribution is -2.59. The van der Waals surface area contributed by atoms with Gasteiger partial charge in [-0.05, 0) is 22.3 Å². The Kier molecular flexibility index (Phi) is 17.2. The van der Waals surface area contributed by atoms with Gasteiger partial charge in [0.15, 0.2) is 6.29 Å². The molecule has 50 heavy (non-hydrogen) atoms. The van der Waals surface area contributed by atoms with E-state index in [-0.39, 0.29) is 38.3 Å². The van der Waals surface area contributed by atoms with E-state index >= 15 is 0 Å². The summed E-state index contributed by atoms with van der Waals surface area (Å²) in [5.41, 5.74) is 4.72. The minimum Gasteiger partial charge on any atom is -0.501 e. The number of benzene rings is 2. The number of rotatable bonds is 25. The molecule has 2 aromatic carbocycles. The highest BCUT2D eigenvalue weighted by Crippen LogP contribution is 2.44. The van der Waals surface area contributed by atoms with Crippen molar-refractivity contribution in [2.45, 2.75) is 30.5 Å². The smallest absolute Gasteiger partial charge is 0.407 e. The van der Waals surface area contributed by atoms with Gasteiger partial charge in [-0.3, -0.25) is 0 Å². The molecule has 0 spiro atoms. The second-order valence-electron chi connectivity index (χ2n) is 11.6. The normalized spacial score (nSPS) is 21.1. The Balaban J connectivity index is 1.14. The number of hydrogen-bond donors (Lipinski definition) is 1. The Bertz CT molecular complexity index is 1310. The molecule has 1 fully saturated rings. The number of fused-ring (bicyclic) bond motifs is 3. The molecule has 0 saturated carbocycles. The van der Waals surface area contributed by atoms with E-state index in [0.29, 0.717) is 52.8 Å². The van der Waals surface area contributed by atoms with Crippen molar-refractivity contribution in [2.24, 2.45) is 5.92 Å². The summed E-state index contributed by atoms with van der Waals surface area (Å²) in [6.07, 6.45) is 3.74. The fraction of sp³-hybridized carbons (Fsp3) is 0.462. The Hall–Kier alpha value is -3.81. The third-order valence-electron chi connectivity index (χ3n) is 8.28. The molecular formula is C39H51NO10. The maximum Gasteiger partial charge on any atom is 0.407 e. The Morgan fingerprint density at radius 2 is 1.32 bits per heavy atom. The molecule has 0 unspecified atom stereocenters. The third kappa shape index (κ3) is 11.4. The topological polar surface area (TPSA) is 112 Å². The zero-order valence-electron chi connectivity index (χ0n) is 28.8. The van der Waals surface area contributed by atoms with Crippen molar-refractivity contribution < 1.29 is 47.4 Å². The second kappa shape index (κ2) is 22.1. The second-order valence-corrected chi connectivity index (χ2v) is 11.6. The molecule has 272 valence electrons. The molecule has 1 N–H and O–H groups in total. The van der Waals surface area contributed by atoms with Gasteiger partial charge in [-0.15, -0.1) is 19.7 Å². The van der Waals surface area contributed by atoms with Crippen molar-refractivity contribution in [2.75, 3.05) is 79.2 Å². The first-order chi connectivity index (χ1) is 24.6. The third-order valence-corrected chi connectivity index (χ3v) is 8.28. The van der Waals surface area contributed by atoms with Gasteiger partial charge in [-0.25, -0.2) is 4.79 Å². The number of nitrogens with one attached hydrogen (secondary N) is 1. The van der Waals surface area contributed by atoms with E-state index in [4.69, 9.17) is 42.6 Å². The van der Waals surface area contributed by atoms with Crippen LogP contribution in [-0.4, -0.2) is 110 Å². The van der Waals surface area contributed by atoms with E-state index in [9.17, 15) is 4.79 Å². The van der Waals surface area contributed by atoms with Crippen molar-refractivity contribution in [3.63, 3.8) is 0 Å². The summed E-state index contributed by atoms with van der Waals surface area (Å²) in [7, 11) is 0. The summed E-state index contributed by atoms with van der Waals surface area (Å²) in [5.74, 6) is -0.223. The average Bonchev–Trinajstić information content (AvgIpc) is 3.46. The highest BCUT2D eigenvalue weighted by Gasteiger charge is 2.48. The molecular weight excluding hydrogens is 642 g/mol. The standard InChI is InChI=1S/C39H51NO10/c1-5-18-45-28-35-34(26-42-8-4)36(46-19-6-2)37(47-20-7-3)38(50-35)48-25-24-44-23-22-43-21-17-40-39(41)49-27-33-31-15-11-9-13-29(31)30-14-10-12-16-32(30)33/h5-16,33-38H,1-4,17-28H2,(H,40,41)/t34-,35-,36+,37-,38-/m1/s1. The van der Waals surface area contributed by atoms with Crippen molar-refractivity contribution in [3.05, 3.63) is 110 Å². The van der Waals surface area contributed by atoms with Crippen LogP contribution in [0.5, 0.6) is 0 Å². The van der Waals surface area contributed by atoms with E-state index < -0.39 is 30.7 Å². The molecule has 1 amide bonds. The minimum absolute atomic E-state index is 0.0134. The molecule has 11 nitrogen and oxygen atoms in total. The van der Waals surface area contributed by atoms with Crippen LogP contribution < -0.4 is 5.32 Å². The van der Waals surface area contributed by atoms with E-state index in [1.807, 2.05) is 24.3 Å². The zero-order valence-corrected chi connectivity index (χ0v) is 28.8. The first-order valence-electron chi connectivity index (χ1n) is 17.0. The molecule has 0 radical (unpaired) electrons. The van der Waals surface area contributed by atoms with Crippen molar-refractivity contribution in [1.29, 1.82) is 0 Å². The first kappa shape index (κ1) is 39.0. The van der Waals surface area contributed by atoms with Crippen molar-refractivity contribution in [3.8, 4) is 11.1 Å². The predicted octanol–water partition coefficient (Wildman–Crippen LogP) is 5.42. The predicted molar refractivity (Wildman–Crippen MR) is 190 cm³/mol. The van der Waals surface area contributed by atoms with Crippen LogP contribution in [0.3, 0.4) is 0 Å². The molecule has 0 aromatic heterocycles. The van der Waals surface area contributed by atoms with E-state index in [1.54, 1.807) is 18.2 Å². The first-order valence-corrected chi connectivity index (χ1v) is 17.0. The van der Waals surface area contributed by atoms with E-state index in [0.717, 1.165) is 0 Å². The molecule has 2 aliphatic rings. The van der Waals surface area contributed by atoms with Crippen LogP contribution >= 0.6 is 0 Å². The van der Waals surface area contributed by atoms with Gasteiger partial charge in [0.1, 0.15) is 12.7 Å². The molecule has 1 saturated heterocycles. The van der Waals surface area contributed by atoms with E-state index in [1.165, 1.54) is 28.5 Å². The molecule has 4 rings (SSSR count). The summed E-state index contributed by atoms with van der Waals surface area (Å²) < 4.78 is 52.9. The Morgan fingerprint density at radius 1 is 0.700 bits per heavy atom. The molecule has 1 heterocycles. The number of carbonyl (C=O) groups is 1. The van der Waals surface area contributed by atoms with Crippen molar-refractivity contribution >= 4 is 6.09 Å². The molecule has 5 atom stereocenters. The van der Waals surface area contributed by atoms with Crippen LogP contribution in [0.4, 0.5) is 4.79 Å². The van der Waals surface area contributed by atoms with Crippen LogP contribution in [0, 0.1) is 5.92 Å². The van der Waals surface area contributed by atoms with Crippen LogP contribution in [0.25, 0.3) is 11.1 Å². The number of hydrogen-bond acceptors (Lipinski definition) is 10. The maximum atomic E-state index is 12.4. The number of alkyl carbamates (subject to hydrolysis) is 1. The summed E-state index contributed by atoms with van der Waals surface area (Å²) in [6.45, 7) is 18.6. The fourth-order valence-corrected chi connectivity index (χ4v) is 6.08. The summed E-state index contributed by atoms with van der Waals surface area (Å²) in [5, 5.41) is 2.75. The maximum absolute atomic E-state index is 12.4. The zero-order chi connectivity index (χ0) is 35.4. The Labute approximate surface area is 295 Å². The molecule has 11 heteroatoms. The highest BCUT2D eigenvalue weighted by molar-refractivity contribution is 5.79. The number of carbonyl (C=O) groups excluding carboxylic acids is 1. The largest absolute Gasteiger partial charge is 0.501 e. The van der Waals surface area contributed by atoms with Gasteiger partial charge in [0, 0.05) is 12.5 Å². The molecule has 1 aliphatic heterocycles. The average molecular weight is 694 g/mol. The van der Waals surface area contributed by atoms with Gasteiger partial charge in [0.2, 0.25) is 0 Å². The number of amides is 1. The molecule has 2 aromatic rings. The highest BCUT2D eigenvalue weighted by atomic mass is 16.7. The fourth-order valence-electron chi connectivity index (χ4n) is 6.08. The summed E-state index contributed by atoms with van der Waals surface area (Å²) in [6, 6.07) is 16.5. The Morgan fingerprint density at radius 3 is 1.98 bits per heavy atom. The monoisotopic (exact) mass is 693 g/mol. The van der Waals surface area contributed by atoms with Crippen LogP contribution in [-0.2, 0) is 42.6 Å². The van der Waals surface area contributed by atoms with Crippen LogP contribution in [0.15, 0.2) is 99.3 Å². The van der Waals surface area contributed by atoms with Gasteiger partial charge in [0.05, 0.1) is 90.5 Å². The SMILES string of the molecule is C=CCOC[C@H]1O[C@@H](OCCOCCOCCNC(=O)OCC2c3ccccc3-c3ccccc32)[C@H](OCC=C)[C@@H](OCC=C)[C@@H]1COC=C. The van der Waals surface area contributed by atoms with Gasteiger partial charge in [-0.2, -0.15) is 0 Å². The molecule has 1 aliphatic carbocycles. The summed E-state index contributed by atoms with van der Waals surface area (Å²) >= 11 is 0. The van der Waals surface area contributed by atoms with Crippen LogP contribution in [0.2, 0.25) is 0 Å². The lowest BCUT2D eigenvalue weighted by molar-refractivity contribution is -0.309. The number of ether oxygens (including phenoxy) is 9. The quantitative estimate of drug-likeness (QED) is 0.0822. The lowest BCUT2D eigenvalue weighted by atomic mass is 9.89. The van der Waals surface area contributed by atoms with Gasteiger partial charge in [0.25, 0.3) is 0 Å².